The largest absolute Gasteiger partial charge is 0.460 e. The predicted molar refractivity (Wildman–Crippen MR) is 191 cm³/mol. The molecule has 0 spiro atoms. The zero-order chi connectivity index (χ0) is 36.0. The number of esters is 2. The minimum absolute atomic E-state index is 0.0139. The smallest absolute Gasteiger partial charge is 0.407 e. The van der Waals surface area contributed by atoms with Crippen LogP contribution in [-0.2, 0) is 39.9 Å². The molecule has 0 aromatic heterocycles. The van der Waals surface area contributed by atoms with E-state index in [1.165, 1.54) is 6.08 Å². The quantitative estimate of drug-likeness (QED) is 0.0737. The molecule has 0 aliphatic heterocycles. The lowest BCUT2D eigenvalue weighted by atomic mass is 9.97. The molecule has 0 heterocycles. The molecule has 11 nitrogen and oxygen atoms in total. The second-order valence-corrected chi connectivity index (χ2v) is 12.8. The van der Waals surface area contributed by atoms with Gasteiger partial charge in [-0.2, -0.15) is 0 Å². The molecule has 0 unspecified atom stereocenters. The van der Waals surface area contributed by atoms with Crippen LogP contribution < -0.4 is 16.4 Å². The summed E-state index contributed by atoms with van der Waals surface area (Å²) in [6.07, 6.45) is 3.88. The second kappa shape index (κ2) is 18.8. The van der Waals surface area contributed by atoms with Crippen molar-refractivity contribution < 1.29 is 38.1 Å². The third-order valence-corrected chi connectivity index (χ3v) is 9.18. The minimum atomic E-state index is -1.53. The van der Waals surface area contributed by atoms with Gasteiger partial charge in [-0.1, -0.05) is 97.9 Å². The van der Waals surface area contributed by atoms with Crippen molar-refractivity contribution in [1.29, 1.82) is 0 Å². The van der Waals surface area contributed by atoms with Gasteiger partial charge in [-0.05, 0) is 66.3 Å². The van der Waals surface area contributed by atoms with Crippen LogP contribution in [0.25, 0.3) is 11.1 Å². The summed E-state index contributed by atoms with van der Waals surface area (Å²) in [4.78, 5) is 52.7. The SMILES string of the molecule is C=CCOC(=O)[C@H](NC(=O)[C@@H](N)CCCNC(=O)OCC1c2ccccc2-c2ccccc21)[C@@H](OCc1ccccc1)C(=O)OC1CCCCC1. The Morgan fingerprint density at radius 1 is 0.843 bits per heavy atom. The zero-order valence-electron chi connectivity index (χ0n) is 28.8. The predicted octanol–water partition coefficient (Wildman–Crippen LogP) is 5.31. The van der Waals surface area contributed by atoms with Crippen LogP contribution in [0.3, 0.4) is 0 Å². The van der Waals surface area contributed by atoms with E-state index in [1.807, 2.05) is 54.6 Å². The van der Waals surface area contributed by atoms with Crippen LogP contribution in [0.5, 0.6) is 0 Å². The molecule has 270 valence electrons. The maximum Gasteiger partial charge on any atom is 0.407 e. The lowest BCUT2D eigenvalue weighted by Crippen LogP contribution is -2.57. The Balaban J connectivity index is 1.14. The first-order valence-electron chi connectivity index (χ1n) is 17.6. The average Bonchev–Trinajstić information content (AvgIpc) is 3.48. The summed E-state index contributed by atoms with van der Waals surface area (Å²) in [5.41, 5.74) is 11.5. The number of ether oxygens (including phenoxy) is 4. The zero-order valence-corrected chi connectivity index (χ0v) is 28.8. The normalized spacial score (nSPS) is 15.7. The highest BCUT2D eigenvalue weighted by molar-refractivity contribution is 5.92. The topological polar surface area (TPSA) is 155 Å². The molecule has 0 bridgehead atoms. The molecule has 5 rings (SSSR count). The van der Waals surface area contributed by atoms with Crippen LogP contribution in [0, 0.1) is 0 Å². The summed E-state index contributed by atoms with van der Waals surface area (Å²) in [7, 11) is 0. The molecule has 0 radical (unpaired) electrons. The number of nitrogens with two attached hydrogens (primary N) is 1. The molecular weight excluding hydrogens is 650 g/mol. The monoisotopic (exact) mass is 697 g/mol. The van der Waals surface area contributed by atoms with Crippen LogP contribution in [-0.4, -0.2) is 68.0 Å². The molecule has 3 aromatic carbocycles. The lowest BCUT2D eigenvalue weighted by molar-refractivity contribution is -0.173. The van der Waals surface area contributed by atoms with Crippen molar-refractivity contribution in [3.8, 4) is 11.1 Å². The van der Waals surface area contributed by atoms with Crippen molar-refractivity contribution in [2.24, 2.45) is 5.73 Å². The van der Waals surface area contributed by atoms with Gasteiger partial charge >= 0.3 is 18.0 Å². The number of hydrogen-bond donors (Lipinski definition) is 3. The molecule has 3 aromatic rings. The van der Waals surface area contributed by atoms with E-state index < -0.39 is 42.1 Å². The van der Waals surface area contributed by atoms with Crippen LogP contribution in [0.4, 0.5) is 4.79 Å². The standard InChI is InChI=1S/C40H47N3O8/c1-2-24-48-38(45)35(36(49-25-27-14-5-3-6-15-27)39(46)51-28-16-7-4-8-17-28)43-37(44)34(41)22-13-23-42-40(47)50-26-33-31-20-11-9-18-29(31)30-19-10-12-21-32(30)33/h2-3,5-6,9-12,14-15,18-21,28,33-36H,1,4,7-8,13,16-17,22-26,41H2,(H,42,47)(H,43,44)/t34-,35+,36+/m0/s1. The fourth-order valence-corrected chi connectivity index (χ4v) is 6.52. The molecule has 2 aliphatic carbocycles. The maximum atomic E-state index is 13.5. The Hall–Kier alpha value is -5.00. The van der Waals surface area contributed by atoms with E-state index in [9.17, 15) is 19.2 Å². The van der Waals surface area contributed by atoms with E-state index in [0.29, 0.717) is 19.3 Å². The van der Waals surface area contributed by atoms with E-state index in [-0.39, 0.29) is 44.8 Å². The third kappa shape index (κ3) is 10.3. The average molecular weight is 698 g/mol. The van der Waals surface area contributed by atoms with Gasteiger partial charge in [0, 0.05) is 12.5 Å². The highest BCUT2D eigenvalue weighted by Gasteiger charge is 2.40. The fraction of sp³-hybridized carbons (Fsp3) is 0.400. The Kier molecular flexibility index (Phi) is 13.8. The third-order valence-electron chi connectivity index (χ3n) is 9.18. The van der Waals surface area contributed by atoms with Gasteiger partial charge in [0.05, 0.1) is 12.6 Å². The number of hydrogen-bond acceptors (Lipinski definition) is 9. The maximum absolute atomic E-state index is 13.5. The van der Waals surface area contributed by atoms with Crippen LogP contribution in [0.1, 0.15) is 67.6 Å². The number of alkyl carbamates (subject to hydrolysis) is 1. The number of rotatable bonds is 17. The number of benzene rings is 3. The summed E-state index contributed by atoms with van der Waals surface area (Å²) in [6.45, 7) is 3.81. The van der Waals surface area contributed by atoms with Crippen molar-refractivity contribution >= 4 is 23.9 Å². The number of nitrogens with one attached hydrogen (secondary N) is 2. The highest BCUT2D eigenvalue weighted by atomic mass is 16.6. The first-order valence-corrected chi connectivity index (χ1v) is 17.6. The molecule has 51 heavy (non-hydrogen) atoms. The minimum Gasteiger partial charge on any atom is -0.460 e. The Bertz CT molecular complexity index is 1600. The molecular formula is C40H47N3O8. The first-order chi connectivity index (χ1) is 24.9. The van der Waals surface area contributed by atoms with Crippen molar-refractivity contribution in [2.75, 3.05) is 19.8 Å². The molecule has 1 saturated carbocycles. The number of amides is 2. The molecule has 1 fully saturated rings. The van der Waals surface area contributed by atoms with Crippen molar-refractivity contribution in [2.45, 2.75) is 81.8 Å². The Labute approximate surface area is 298 Å². The molecule has 2 aliphatic rings. The summed E-state index contributed by atoms with van der Waals surface area (Å²) in [6, 6.07) is 22.7. The summed E-state index contributed by atoms with van der Waals surface area (Å²) < 4.78 is 22.6. The molecule has 3 atom stereocenters. The van der Waals surface area contributed by atoms with Gasteiger partial charge in [-0.25, -0.2) is 14.4 Å². The van der Waals surface area contributed by atoms with Gasteiger partial charge in [-0.3, -0.25) is 4.79 Å². The number of carbonyl (C=O) groups excluding carboxylic acids is 4. The molecule has 2 amide bonds. The van der Waals surface area contributed by atoms with Gasteiger partial charge in [0.1, 0.15) is 19.3 Å². The van der Waals surface area contributed by atoms with E-state index >= 15 is 0 Å². The van der Waals surface area contributed by atoms with Gasteiger partial charge in [-0.15, -0.1) is 0 Å². The molecule has 11 heteroatoms. The fourth-order valence-electron chi connectivity index (χ4n) is 6.52. The molecule has 4 N–H and O–H groups in total. The van der Waals surface area contributed by atoms with Gasteiger partial charge < -0.3 is 35.3 Å². The van der Waals surface area contributed by atoms with Crippen LogP contribution in [0.2, 0.25) is 0 Å². The Morgan fingerprint density at radius 2 is 1.49 bits per heavy atom. The van der Waals surface area contributed by atoms with Gasteiger partial charge in [0.2, 0.25) is 5.91 Å². The van der Waals surface area contributed by atoms with Crippen LogP contribution >= 0.6 is 0 Å². The van der Waals surface area contributed by atoms with E-state index in [2.05, 4.69) is 41.5 Å². The van der Waals surface area contributed by atoms with E-state index in [4.69, 9.17) is 24.7 Å². The van der Waals surface area contributed by atoms with Crippen molar-refractivity contribution in [3.05, 3.63) is 108 Å². The highest BCUT2D eigenvalue weighted by Crippen LogP contribution is 2.44. The van der Waals surface area contributed by atoms with Crippen LogP contribution in [0.15, 0.2) is 91.5 Å². The first kappa shape index (κ1) is 37.3. The Morgan fingerprint density at radius 3 is 2.16 bits per heavy atom. The van der Waals surface area contributed by atoms with Gasteiger partial charge in [0.15, 0.2) is 12.1 Å². The molecule has 0 saturated heterocycles. The van der Waals surface area contributed by atoms with E-state index in [0.717, 1.165) is 47.1 Å². The van der Waals surface area contributed by atoms with Crippen molar-refractivity contribution in [3.63, 3.8) is 0 Å². The summed E-state index contributed by atoms with van der Waals surface area (Å²) >= 11 is 0. The second-order valence-electron chi connectivity index (χ2n) is 12.8. The van der Waals surface area contributed by atoms with Crippen molar-refractivity contribution in [1.82, 2.24) is 10.6 Å². The number of carbonyl (C=O) groups is 4. The summed E-state index contributed by atoms with van der Waals surface area (Å²) in [5, 5.41) is 5.31. The number of fused-ring (bicyclic) bond motifs is 3. The summed E-state index contributed by atoms with van der Waals surface area (Å²) in [5.74, 6) is -2.40. The van der Waals surface area contributed by atoms with E-state index in [1.54, 1.807) is 0 Å². The van der Waals surface area contributed by atoms with Gasteiger partial charge in [0.25, 0.3) is 0 Å². The lowest BCUT2D eigenvalue weighted by Gasteiger charge is -2.29.